The van der Waals surface area contributed by atoms with Crippen LogP contribution in [-0.4, -0.2) is 26.5 Å². The van der Waals surface area contributed by atoms with Gasteiger partial charge in [-0.3, -0.25) is 9.20 Å². The maximum absolute atomic E-state index is 12.4. The molecule has 1 aromatic carbocycles. The molecule has 1 atom stereocenters. The van der Waals surface area contributed by atoms with Gasteiger partial charge in [-0.1, -0.05) is 18.2 Å². The van der Waals surface area contributed by atoms with Crippen LogP contribution in [0.15, 0.2) is 48.7 Å². The van der Waals surface area contributed by atoms with Gasteiger partial charge in [0.2, 0.25) is 0 Å². The third-order valence-electron chi connectivity index (χ3n) is 3.76. The zero-order valence-electron chi connectivity index (χ0n) is 13.6. The smallest absolute Gasteiger partial charge is 0.312 e. The van der Waals surface area contributed by atoms with E-state index in [0.29, 0.717) is 17.9 Å². The van der Waals surface area contributed by atoms with Crippen molar-refractivity contribution in [3.63, 3.8) is 0 Å². The van der Waals surface area contributed by atoms with Gasteiger partial charge >= 0.3 is 6.03 Å². The molecule has 0 saturated heterocycles. The van der Waals surface area contributed by atoms with Gasteiger partial charge in [-0.2, -0.15) is 0 Å². The summed E-state index contributed by atoms with van der Waals surface area (Å²) in [6, 6.07) is 11.6. The molecular formula is C17H18N6O2. The van der Waals surface area contributed by atoms with Gasteiger partial charge in [0.1, 0.15) is 0 Å². The van der Waals surface area contributed by atoms with E-state index in [1.807, 2.05) is 35.7 Å². The first-order valence-electron chi connectivity index (χ1n) is 7.77. The number of rotatable bonds is 5. The molecule has 0 aliphatic rings. The van der Waals surface area contributed by atoms with Gasteiger partial charge < -0.3 is 16.4 Å². The Morgan fingerprint density at radius 1 is 1.16 bits per heavy atom. The number of nitrogens with two attached hydrogens (primary N) is 1. The fraction of sp³-hybridized carbons (Fsp3) is 0.176. The summed E-state index contributed by atoms with van der Waals surface area (Å²) in [5.41, 5.74) is 7.13. The normalized spacial score (nSPS) is 11.9. The third kappa shape index (κ3) is 3.74. The van der Waals surface area contributed by atoms with Gasteiger partial charge in [-0.05, 0) is 36.8 Å². The molecule has 0 unspecified atom stereocenters. The van der Waals surface area contributed by atoms with Crippen molar-refractivity contribution >= 4 is 17.6 Å². The van der Waals surface area contributed by atoms with Crippen LogP contribution in [0.5, 0.6) is 0 Å². The molecular weight excluding hydrogens is 320 g/mol. The second kappa shape index (κ2) is 7.00. The summed E-state index contributed by atoms with van der Waals surface area (Å²) in [5.74, 6) is 0.445. The standard InChI is InChI=1S/C17H18N6O2/c1-11(15-22-21-14-4-2-3-9-23(14)15)20-16(24)13-7-5-12(6-8-13)10-19-17(18)25/h2-9,11H,10H2,1H3,(H,20,24)(H3,18,19,25)/t11-/m0/s1. The van der Waals surface area contributed by atoms with E-state index in [1.165, 1.54) is 0 Å². The summed E-state index contributed by atoms with van der Waals surface area (Å²) in [6.07, 6.45) is 1.86. The van der Waals surface area contributed by atoms with Gasteiger partial charge in [0.05, 0.1) is 6.04 Å². The summed E-state index contributed by atoms with van der Waals surface area (Å²) in [7, 11) is 0. The highest BCUT2D eigenvalue weighted by molar-refractivity contribution is 5.94. The van der Waals surface area contributed by atoms with Crippen LogP contribution in [0.2, 0.25) is 0 Å². The zero-order valence-corrected chi connectivity index (χ0v) is 13.6. The fourth-order valence-corrected chi connectivity index (χ4v) is 2.46. The van der Waals surface area contributed by atoms with Gasteiger partial charge in [-0.25, -0.2) is 4.79 Å². The van der Waals surface area contributed by atoms with Crippen LogP contribution in [0, 0.1) is 0 Å². The van der Waals surface area contributed by atoms with E-state index in [0.717, 1.165) is 11.2 Å². The predicted octanol–water partition coefficient (Wildman–Crippen LogP) is 1.39. The first kappa shape index (κ1) is 16.4. The molecule has 128 valence electrons. The SMILES string of the molecule is C[C@H](NC(=O)c1ccc(CNC(N)=O)cc1)c1nnc2ccccn12. The number of carbonyl (C=O) groups is 2. The van der Waals surface area contributed by atoms with Crippen molar-refractivity contribution in [3.05, 3.63) is 65.6 Å². The predicted molar refractivity (Wildman–Crippen MR) is 91.7 cm³/mol. The van der Waals surface area contributed by atoms with Crippen LogP contribution < -0.4 is 16.4 Å². The number of benzene rings is 1. The van der Waals surface area contributed by atoms with Crippen LogP contribution in [0.1, 0.15) is 34.7 Å². The number of hydrogen-bond acceptors (Lipinski definition) is 4. The van der Waals surface area contributed by atoms with Crippen LogP contribution in [0.4, 0.5) is 4.79 Å². The lowest BCUT2D eigenvalue weighted by atomic mass is 10.1. The van der Waals surface area contributed by atoms with Crippen molar-refractivity contribution in [2.24, 2.45) is 5.73 Å². The number of nitrogens with one attached hydrogen (secondary N) is 2. The highest BCUT2D eigenvalue weighted by atomic mass is 16.2. The first-order valence-corrected chi connectivity index (χ1v) is 7.77. The molecule has 25 heavy (non-hydrogen) atoms. The van der Waals surface area contributed by atoms with Crippen molar-refractivity contribution < 1.29 is 9.59 Å². The van der Waals surface area contributed by atoms with Crippen LogP contribution >= 0.6 is 0 Å². The maximum Gasteiger partial charge on any atom is 0.312 e. The molecule has 0 saturated carbocycles. The Kier molecular flexibility index (Phi) is 4.60. The van der Waals surface area contributed by atoms with E-state index in [4.69, 9.17) is 5.73 Å². The summed E-state index contributed by atoms with van der Waals surface area (Å²) in [6.45, 7) is 2.17. The molecule has 3 rings (SSSR count). The number of amides is 3. The number of primary amides is 1. The molecule has 8 heteroatoms. The molecule has 4 N–H and O–H groups in total. The zero-order chi connectivity index (χ0) is 17.8. The Bertz CT molecular complexity index is 903. The van der Waals surface area contributed by atoms with Crippen molar-refractivity contribution in [1.82, 2.24) is 25.2 Å². The number of nitrogens with zero attached hydrogens (tertiary/aromatic N) is 3. The largest absolute Gasteiger partial charge is 0.352 e. The van der Waals surface area contributed by atoms with Gasteiger partial charge in [0.15, 0.2) is 11.5 Å². The highest BCUT2D eigenvalue weighted by Crippen LogP contribution is 2.13. The average Bonchev–Trinajstić information content (AvgIpc) is 3.04. The lowest BCUT2D eigenvalue weighted by molar-refractivity contribution is 0.0938. The second-order valence-electron chi connectivity index (χ2n) is 5.60. The minimum absolute atomic E-state index is 0.213. The maximum atomic E-state index is 12.4. The Labute approximate surface area is 144 Å². The van der Waals surface area contributed by atoms with Crippen LogP contribution in [0.25, 0.3) is 5.65 Å². The molecule has 2 heterocycles. The van der Waals surface area contributed by atoms with Crippen molar-refractivity contribution in [3.8, 4) is 0 Å². The minimum atomic E-state index is -0.587. The summed E-state index contributed by atoms with van der Waals surface area (Å²) < 4.78 is 1.84. The Morgan fingerprint density at radius 2 is 1.92 bits per heavy atom. The van der Waals surface area contributed by atoms with Gasteiger partial charge in [-0.15, -0.1) is 10.2 Å². The molecule has 0 spiro atoms. The number of hydrogen-bond donors (Lipinski definition) is 3. The lowest BCUT2D eigenvalue weighted by Crippen LogP contribution is -2.29. The van der Waals surface area contributed by atoms with Gasteiger partial charge in [0.25, 0.3) is 5.91 Å². The van der Waals surface area contributed by atoms with E-state index >= 15 is 0 Å². The molecule has 0 aliphatic carbocycles. The molecule has 3 amide bonds. The molecule has 0 aliphatic heterocycles. The minimum Gasteiger partial charge on any atom is -0.352 e. The van der Waals surface area contributed by atoms with E-state index in [1.54, 1.807) is 24.3 Å². The topological polar surface area (TPSA) is 114 Å². The first-order chi connectivity index (χ1) is 12.0. The second-order valence-corrected chi connectivity index (χ2v) is 5.60. The molecule has 3 aromatic rings. The van der Waals surface area contributed by atoms with Crippen molar-refractivity contribution in [2.45, 2.75) is 19.5 Å². The average molecular weight is 338 g/mol. The number of pyridine rings is 1. The number of urea groups is 1. The highest BCUT2D eigenvalue weighted by Gasteiger charge is 2.16. The number of carbonyl (C=O) groups excluding carboxylic acids is 2. The van der Waals surface area contributed by atoms with Crippen LogP contribution in [0.3, 0.4) is 0 Å². The van der Waals surface area contributed by atoms with E-state index in [2.05, 4.69) is 20.8 Å². The van der Waals surface area contributed by atoms with Gasteiger partial charge in [0, 0.05) is 18.3 Å². The number of fused-ring (bicyclic) bond motifs is 1. The van der Waals surface area contributed by atoms with Crippen LogP contribution in [-0.2, 0) is 6.54 Å². The molecule has 8 nitrogen and oxygen atoms in total. The lowest BCUT2D eigenvalue weighted by Gasteiger charge is -2.12. The Balaban J connectivity index is 1.68. The fourth-order valence-electron chi connectivity index (χ4n) is 2.46. The molecule has 0 bridgehead atoms. The Morgan fingerprint density at radius 3 is 2.64 bits per heavy atom. The summed E-state index contributed by atoms with van der Waals surface area (Å²) in [5, 5.41) is 13.6. The molecule has 0 radical (unpaired) electrons. The van der Waals surface area contributed by atoms with Crippen molar-refractivity contribution in [1.29, 1.82) is 0 Å². The summed E-state index contributed by atoms with van der Waals surface area (Å²) >= 11 is 0. The van der Waals surface area contributed by atoms with E-state index in [9.17, 15) is 9.59 Å². The quantitative estimate of drug-likeness (QED) is 0.652. The molecule has 0 fully saturated rings. The third-order valence-corrected chi connectivity index (χ3v) is 3.76. The van der Waals surface area contributed by atoms with E-state index < -0.39 is 6.03 Å². The summed E-state index contributed by atoms with van der Waals surface area (Å²) in [4.78, 5) is 23.1. The molecule has 2 aromatic heterocycles. The monoisotopic (exact) mass is 338 g/mol. The number of aromatic nitrogens is 3. The van der Waals surface area contributed by atoms with E-state index in [-0.39, 0.29) is 11.9 Å². The van der Waals surface area contributed by atoms with Crippen molar-refractivity contribution in [2.75, 3.05) is 0 Å². The Hall–Kier alpha value is -3.42.